The molecular formula is C14H17ClN4O3. The average molecular weight is 325 g/mol. The van der Waals surface area contributed by atoms with Gasteiger partial charge in [0.2, 0.25) is 5.28 Å². The third kappa shape index (κ3) is 3.14. The van der Waals surface area contributed by atoms with Gasteiger partial charge < -0.3 is 14.9 Å². The molecule has 2 heterocycles. The Morgan fingerprint density at radius 1 is 1.14 bits per heavy atom. The molecule has 1 saturated carbocycles. The van der Waals surface area contributed by atoms with Gasteiger partial charge in [-0.1, -0.05) is 0 Å². The Kier molecular flexibility index (Phi) is 4.15. The molecule has 0 radical (unpaired) electrons. The second-order valence-corrected chi connectivity index (χ2v) is 6.02. The number of aromatic nitrogens is 2. The van der Waals surface area contributed by atoms with Crippen molar-refractivity contribution in [3.8, 4) is 0 Å². The van der Waals surface area contributed by atoms with Gasteiger partial charge in [0.1, 0.15) is 0 Å². The zero-order valence-corrected chi connectivity index (χ0v) is 12.7. The van der Waals surface area contributed by atoms with Crippen LogP contribution in [0.15, 0.2) is 12.4 Å². The molecule has 7 nitrogen and oxygen atoms in total. The summed E-state index contributed by atoms with van der Waals surface area (Å²) >= 11 is 5.66. The minimum atomic E-state index is -0.895. The number of likely N-dealkylation sites (tertiary alicyclic amines) is 1. The number of amides is 2. The normalized spacial score (nSPS) is 19.0. The van der Waals surface area contributed by atoms with Crippen LogP contribution in [-0.4, -0.2) is 62.0 Å². The molecule has 22 heavy (non-hydrogen) atoms. The number of nitrogens with zero attached hydrogens (tertiary/aromatic N) is 4. The lowest BCUT2D eigenvalue weighted by Gasteiger charge is -2.37. The molecule has 1 aromatic heterocycles. The van der Waals surface area contributed by atoms with Gasteiger partial charge in [0, 0.05) is 37.6 Å². The van der Waals surface area contributed by atoms with E-state index in [9.17, 15) is 9.59 Å². The third-order valence-corrected chi connectivity index (χ3v) is 4.37. The molecular weight excluding hydrogens is 308 g/mol. The fourth-order valence-corrected chi connectivity index (χ4v) is 2.99. The zero-order chi connectivity index (χ0) is 15.7. The predicted molar refractivity (Wildman–Crippen MR) is 78.9 cm³/mol. The summed E-state index contributed by atoms with van der Waals surface area (Å²) in [7, 11) is 0. The highest BCUT2D eigenvalue weighted by atomic mass is 35.5. The lowest BCUT2D eigenvalue weighted by molar-refractivity contribution is 0.0550. The van der Waals surface area contributed by atoms with Crippen molar-refractivity contribution in [2.75, 3.05) is 13.1 Å². The second kappa shape index (κ2) is 6.08. The fraction of sp³-hybridized carbons (Fsp3) is 0.571. The molecule has 118 valence electrons. The minimum Gasteiger partial charge on any atom is -0.465 e. The van der Waals surface area contributed by atoms with E-state index in [1.165, 1.54) is 17.3 Å². The predicted octanol–water partition coefficient (Wildman–Crippen LogP) is 1.88. The minimum absolute atomic E-state index is 0.0753. The van der Waals surface area contributed by atoms with Gasteiger partial charge in [0.15, 0.2) is 0 Å². The maximum atomic E-state index is 12.7. The molecule has 1 saturated heterocycles. The van der Waals surface area contributed by atoms with Gasteiger partial charge in [-0.15, -0.1) is 0 Å². The maximum absolute atomic E-state index is 12.7. The van der Waals surface area contributed by atoms with E-state index in [4.69, 9.17) is 16.7 Å². The monoisotopic (exact) mass is 324 g/mol. The molecule has 0 bridgehead atoms. The number of carboxylic acid groups (broad SMARTS) is 1. The molecule has 8 heteroatoms. The first-order valence-electron chi connectivity index (χ1n) is 7.34. The molecule has 1 aromatic rings. The fourth-order valence-electron chi connectivity index (χ4n) is 2.89. The van der Waals surface area contributed by atoms with Gasteiger partial charge in [0.25, 0.3) is 5.91 Å². The number of hydrogen-bond acceptors (Lipinski definition) is 4. The molecule has 3 rings (SSSR count). The van der Waals surface area contributed by atoms with Crippen LogP contribution in [0.4, 0.5) is 4.79 Å². The highest BCUT2D eigenvalue weighted by molar-refractivity contribution is 6.28. The summed E-state index contributed by atoms with van der Waals surface area (Å²) < 4.78 is 0. The van der Waals surface area contributed by atoms with Crippen molar-refractivity contribution >= 4 is 23.6 Å². The van der Waals surface area contributed by atoms with Crippen LogP contribution in [0.3, 0.4) is 0 Å². The Bertz CT molecular complexity index is 568. The summed E-state index contributed by atoms with van der Waals surface area (Å²) in [4.78, 5) is 34.7. The first kappa shape index (κ1) is 15.0. The number of carbonyl (C=O) groups excluding carboxylic acids is 1. The van der Waals surface area contributed by atoms with Crippen LogP contribution in [-0.2, 0) is 0 Å². The SMILES string of the molecule is O=C(O)N1CCC(N(C(=O)c2cnc(Cl)nc2)C2CC2)CC1. The number of hydrogen-bond donors (Lipinski definition) is 1. The number of carbonyl (C=O) groups is 2. The molecule has 2 amide bonds. The van der Waals surface area contributed by atoms with E-state index in [1.54, 1.807) is 0 Å². The van der Waals surface area contributed by atoms with Crippen LogP contribution in [0, 0.1) is 0 Å². The van der Waals surface area contributed by atoms with E-state index >= 15 is 0 Å². The Morgan fingerprint density at radius 2 is 1.68 bits per heavy atom. The van der Waals surface area contributed by atoms with Crippen LogP contribution in [0.5, 0.6) is 0 Å². The van der Waals surface area contributed by atoms with Gasteiger partial charge in [0.05, 0.1) is 5.56 Å². The molecule has 2 fully saturated rings. The molecule has 0 atom stereocenters. The van der Waals surface area contributed by atoms with Gasteiger partial charge in [-0.05, 0) is 37.3 Å². The summed E-state index contributed by atoms with van der Waals surface area (Å²) in [5.41, 5.74) is 0.428. The van der Waals surface area contributed by atoms with Crippen molar-refractivity contribution < 1.29 is 14.7 Å². The van der Waals surface area contributed by atoms with Crippen molar-refractivity contribution in [2.24, 2.45) is 0 Å². The topological polar surface area (TPSA) is 86.6 Å². The Hall–Kier alpha value is -1.89. The van der Waals surface area contributed by atoms with Crippen molar-refractivity contribution in [3.05, 3.63) is 23.2 Å². The van der Waals surface area contributed by atoms with Gasteiger partial charge >= 0.3 is 6.09 Å². The lowest BCUT2D eigenvalue weighted by Crippen LogP contribution is -2.49. The molecule has 2 aliphatic rings. The summed E-state index contributed by atoms with van der Waals surface area (Å²) in [5.74, 6) is -0.0899. The van der Waals surface area contributed by atoms with Gasteiger partial charge in [-0.2, -0.15) is 0 Å². The molecule has 1 aliphatic carbocycles. The van der Waals surface area contributed by atoms with Crippen molar-refractivity contribution in [2.45, 2.75) is 37.8 Å². The van der Waals surface area contributed by atoms with E-state index < -0.39 is 6.09 Å². The van der Waals surface area contributed by atoms with Crippen molar-refractivity contribution in [1.29, 1.82) is 0 Å². The van der Waals surface area contributed by atoms with Crippen molar-refractivity contribution in [1.82, 2.24) is 19.8 Å². The molecule has 0 unspecified atom stereocenters. The number of rotatable bonds is 3. The largest absolute Gasteiger partial charge is 0.465 e. The van der Waals surface area contributed by atoms with E-state index in [1.807, 2.05) is 4.90 Å². The van der Waals surface area contributed by atoms with E-state index in [2.05, 4.69) is 9.97 Å². The molecule has 0 spiro atoms. The average Bonchev–Trinajstić information content (AvgIpc) is 3.33. The van der Waals surface area contributed by atoms with Crippen molar-refractivity contribution in [3.63, 3.8) is 0 Å². The first-order chi connectivity index (χ1) is 10.6. The van der Waals surface area contributed by atoms with E-state index in [0.29, 0.717) is 31.5 Å². The molecule has 1 aliphatic heterocycles. The van der Waals surface area contributed by atoms with Crippen LogP contribution in [0.2, 0.25) is 5.28 Å². The smallest absolute Gasteiger partial charge is 0.407 e. The number of halogens is 1. The lowest BCUT2D eigenvalue weighted by atomic mass is 10.0. The summed E-state index contributed by atoms with van der Waals surface area (Å²) in [6.07, 6.45) is 5.33. The van der Waals surface area contributed by atoms with E-state index in [-0.39, 0.29) is 23.3 Å². The van der Waals surface area contributed by atoms with E-state index in [0.717, 1.165) is 12.8 Å². The highest BCUT2D eigenvalue weighted by Crippen LogP contribution is 2.33. The number of piperidine rings is 1. The summed E-state index contributed by atoms with van der Waals surface area (Å²) in [6.45, 7) is 0.932. The summed E-state index contributed by atoms with van der Waals surface area (Å²) in [5, 5.41) is 9.13. The van der Waals surface area contributed by atoms with Gasteiger partial charge in [-0.3, -0.25) is 4.79 Å². The second-order valence-electron chi connectivity index (χ2n) is 5.69. The Morgan fingerprint density at radius 3 is 2.18 bits per heavy atom. The first-order valence-corrected chi connectivity index (χ1v) is 7.72. The van der Waals surface area contributed by atoms with Gasteiger partial charge in [-0.25, -0.2) is 14.8 Å². The zero-order valence-electron chi connectivity index (χ0n) is 12.0. The van der Waals surface area contributed by atoms with Crippen LogP contribution in [0.25, 0.3) is 0 Å². The van der Waals surface area contributed by atoms with Crippen LogP contribution in [0.1, 0.15) is 36.0 Å². The Labute approximate surface area is 132 Å². The standard InChI is InChI=1S/C14H17ClN4O3/c15-13-16-7-9(8-17-13)12(20)19(10-1-2-10)11-3-5-18(6-4-11)14(21)22/h7-8,10-11H,1-6H2,(H,21,22). The maximum Gasteiger partial charge on any atom is 0.407 e. The highest BCUT2D eigenvalue weighted by Gasteiger charge is 2.39. The summed E-state index contributed by atoms with van der Waals surface area (Å²) in [6, 6.07) is 0.329. The van der Waals surface area contributed by atoms with Crippen LogP contribution < -0.4 is 0 Å². The Balaban J connectivity index is 1.72. The third-order valence-electron chi connectivity index (χ3n) is 4.17. The molecule has 1 N–H and O–H groups in total. The van der Waals surface area contributed by atoms with Crippen LogP contribution >= 0.6 is 11.6 Å². The quantitative estimate of drug-likeness (QED) is 0.858. The molecule has 0 aromatic carbocycles.